The van der Waals surface area contributed by atoms with Crippen LogP contribution in [-0.2, 0) is 19.4 Å². The van der Waals surface area contributed by atoms with Crippen molar-refractivity contribution in [3.05, 3.63) is 35.4 Å². The molecule has 0 aliphatic heterocycles. The summed E-state index contributed by atoms with van der Waals surface area (Å²) in [4.78, 5) is 12.3. The molecule has 5 nitrogen and oxygen atoms in total. The second kappa shape index (κ2) is 5.73. The van der Waals surface area contributed by atoms with Gasteiger partial charge in [0.25, 0.3) is 0 Å². The third-order valence-corrected chi connectivity index (χ3v) is 6.38. The van der Waals surface area contributed by atoms with Crippen molar-refractivity contribution in [1.29, 1.82) is 5.26 Å². The van der Waals surface area contributed by atoms with Gasteiger partial charge in [-0.15, -0.1) is 0 Å². The fourth-order valence-corrected chi connectivity index (χ4v) is 4.84. The highest BCUT2D eigenvalue weighted by Gasteiger charge is 2.77. The lowest BCUT2D eigenvalue weighted by molar-refractivity contribution is -0.147. The zero-order valence-electron chi connectivity index (χ0n) is 12.9. The Morgan fingerprint density at radius 2 is 1.91 bits per heavy atom. The van der Waals surface area contributed by atoms with Gasteiger partial charge in [-0.1, -0.05) is 36.8 Å². The van der Waals surface area contributed by atoms with Gasteiger partial charge < -0.3 is 4.74 Å². The molecule has 0 saturated heterocycles. The minimum atomic E-state index is -3.54. The van der Waals surface area contributed by atoms with Crippen molar-refractivity contribution >= 4 is 15.8 Å². The molecule has 0 bridgehead atoms. The molecular formula is C16H19NO4S. The average molecular weight is 321 g/mol. The first-order valence-corrected chi connectivity index (χ1v) is 8.93. The van der Waals surface area contributed by atoms with Gasteiger partial charge in [0.2, 0.25) is 0 Å². The van der Waals surface area contributed by atoms with E-state index >= 15 is 0 Å². The van der Waals surface area contributed by atoms with Gasteiger partial charge in [-0.2, -0.15) is 5.26 Å². The van der Waals surface area contributed by atoms with Crippen LogP contribution < -0.4 is 0 Å². The standard InChI is InChI=1S/C16H19NO4S/c1-4-21-15(18)16(10-17)13(14(16)22(19,20)5-2)12-8-6-11(3)7-9-12/h6-9,13-14H,4-5H2,1-3H3/t13-,14+,16+/m1/s1. The van der Waals surface area contributed by atoms with Gasteiger partial charge in [-0.05, 0) is 19.4 Å². The number of hydrogen-bond donors (Lipinski definition) is 0. The molecule has 118 valence electrons. The summed E-state index contributed by atoms with van der Waals surface area (Å²) in [6.07, 6.45) is 0. The highest BCUT2D eigenvalue weighted by molar-refractivity contribution is 7.92. The number of hydrogen-bond acceptors (Lipinski definition) is 5. The van der Waals surface area contributed by atoms with Crippen LogP contribution in [0.4, 0.5) is 0 Å². The SMILES string of the molecule is CCOC(=O)[C@@]1(C#N)[C@H](c2ccc(C)cc2)[C@@H]1S(=O)(=O)CC. The molecule has 0 spiro atoms. The van der Waals surface area contributed by atoms with Crippen molar-refractivity contribution in [2.75, 3.05) is 12.4 Å². The Bertz CT molecular complexity index is 718. The molecule has 6 heteroatoms. The molecule has 0 heterocycles. The molecule has 0 radical (unpaired) electrons. The van der Waals surface area contributed by atoms with Gasteiger partial charge in [0.1, 0.15) is 5.25 Å². The minimum absolute atomic E-state index is 0.108. The Balaban J connectivity index is 2.52. The van der Waals surface area contributed by atoms with E-state index < -0.39 is 32.4 Å². The van der Waals surface area contributed by atoms with Crippen LogP contribution in [0.1, 0.15) is 30.9 Å². The monoisotopic (exact) mass is 321 g/mol. The molecule has 1 aromatic rings. The Hall–Kier alpha value is -1.87. The lowest BCUT2D eigenvalue weighted by Gasteiger charge is -2.08. The molecule has 1 aromatic carbocycles. The number of ether oxygens (including phenoxy) is 1. The number of rotatable bonds is 5. The molecule has 0 unspecified atom stereocenters. The molecular weight excluding hydrogens is 302 g/mol. The van der Waals surface area contributed by atoms with E-state index in [4.69, 9.17) is 4.74 Å². The van der Waals surface area contributed by atoms with Gasteiger partial charge in [0.05, 0.1) is 12.7 Å². The topological polar surface area (TPSA) is 84.2 Å². The number of esters is 1. The Morgan fingerprint density at radius 1 is 1.32 bits per heavy atom. The van der Waals surface area contributed by atoms with E-state index in [0.29, 0.717) is 5.56 Å². The lowest BCUT2D eigenvalue weighted by atomic mass is 10.00. The van der Waals surface area contributed by atoms with Crippen molar-refractivity contribution in [1.82, 2.24) is 0 Å². The van der Waals surface area contributed by atoms with E-state index in [-0.39, 0.29) is 12.4 Å². The number of sulfone groups is 1. The van der Waals surface area contributed by atoms with Crippen LogP contribution in [0.15, 0.2) is 24.3 Å². The largest absolute Gasteiger partial charge is 0.465 e. The Kier molecular flexibility index (Phi) is 4.30. The molecule has 1 fully saturated rings. The van der Waals surface area contributed by atoms with Gasteiger partial charge >= 0.3 is 5.97 Å². The zero-order chi connectivity index (χ0) is 16.5. The summed E-state index contributed by atoms with van der Waals surface area (Å²) < 4.78 is 29.7. The van der Waals surface area contributed by atoms with E-state index in [1.807, 2.05) is 25.1 Å². The maximum atomic E-state index is 12.3. The predicted octanol–water partition coefficient (Wildman–Crippen LogP) is 1.97. The van der Waals surface area contributed by atoms with Crippen LogP contribution in [0.25, 0.3) is 0 Å². The van der Waals surface area contributed by atoms with Gasteiger partial charge in [0.15, 0.2) is 15.3 Å². The average Bonchev–Trinajstić information content (AvgIpc) is 3.20. The molecule has 1 aliphatic carbocycles. The van der Waals surface area contributed by atoms with Gasteiger partial charge in [0, 0.05) is 11.7 Å². The third kappa shape index (κ3) is 2.40. The first kappa shape index (κ1) is 16.5. The van der Waals surface area contributed by atoms with Crippen LogP contribution in [0.2, 0.25) is 0 Å². The van der Waals surface area contributed by atoms with Crippen molar-refractivity contribution in [3.63, 3.8) is 0 Å². The maximum absolute atomic E-state index is 12.3. The highest BCUT2D eigenvalue weighted by Crippen LogP contribution is 2.63. The number of benzene rings is 1. The predicted molar refractivity (Wildman–Crippen MR) is 81.8 cm³/mol. The van der Waals surface area contributed by atoms with Crippen LogP contribution in [-0.4, -0.2) is 32.0 Å². The minimum Gasteiger partial charge on any atom is -0.465 e. The fourth-order valence-electron chi connectivity index (χ4n) is 2.91. The molecule has 0 aromatic heterocycles. The molecule has 1 aliphatic rings. The summed E-state index contributed by atoms with van der Waals surface area (Å²) in [6.45, 7) is 5.18. The van der Waals surface area contributed by atoms with Crippen LogP contribution in [0, 0.1) is 23.7 Å². The number of nitrogens with zero attached hydrogens (tertiary/aromatic N) is 1. The third-order valence-electron chi connectivity index (χ3n) is 4.16. The first-order valence-electron chi connectivity index (χ1n) is 7.21. The maximum Gasteiger partial charge on any atom is 0.328 e. The van der Waals surface area contributed by atoms with E-state index in [1.165, 1.54) is 6.92 Å². The number of aryl methyl sites for hydroxylation is 1. The number of nitriles is 1. The molecule has 2 rings (SSSR count). The van der Waals surface area contributed by atoms with E-state index in [2.05, 4.69) is 0 Å². The Labute approximate surface area is 130 Å². The second-order valence-electron chi connectivity index (χ2n) is 5.46. The van der Waals surface area contributed by atoms with E-state index in [1.54, 1.807) is 19.1 Å². The van der Waals surface area contributed by atoms with Gasteiger partial charge in [-0.3, -0.25) is 4.79 Å². The van der Waals surface area contributed by atoms with Crippen molar-refractivity contribution in [2.24, 2.45) is 5.41 Å². The molecule has 0 amide bonds. The quantitative estimate of drug-likeness (QED) is 0.774. The van der Waals surface area contributed by atoms with Crippen molar-refractivity contribution in [2.45, 2.75) is 31.9 Å². The molecule has 3 atom stereocenters. The summed E-state index contributed by atoms with van der Waals surface area (Å²) in [5.41, 5.74) is 0.0836. The van der Waals surface area contributed by atoms with E-state index in [0.717, 1.165) is 5.56 Å². The summed E-state index contributed by atoms with van der Waals surface area (Å²) in [7, 11) is -3.54. The van der Waals surface area contributed by atoms with Crippen molar-refractivity contribution < 1.29 is 17.9 Å². The molecule has 0 N–H and O–H groups in total. The zero-order valence-corrected chi connectivity index (χ0v) is 13.7. The van der Waals surface area contributed by atoms with Crippen molar-refractivity contribution in [3.8, 4) is 6.07 Å². The second-order valence-corrected chi connectivity index (χ2v) is 7.87. The smallest absolute Gasteiger partial charge is 0.328 e. The normalized spacial score (nSPS) is 27.0. The summed E-state index contributed by atoms with van der Waals surface area (Å²) in [5, 5.41) is 8.52. The number of carbonyl (C=O) groups is 1. The van der Waals surface area contributed by atoms with Crippen LogP contribution >= 0.6 is 0 Å². The highest BCUT2D eigenvalue weighted by atomic mass is 32.2. The van der Waals surface area contributed by atoms with Crippen LogP contribution in [0.3, 0.4) is 0 Å². The molecule has 1 saturated carbocycles. The first-order chi connectivity index (χ1) is 10.3. The van der Waals surface area contributed by atoms with Gasteiger partial charge in [-0.25, -0.2) is 8.42 Å². The summed E-state index contributed by atoms with van der Waals surface area (Å²) in [5.74, 6) is -1.52. The lowest BCUT2D eigenvalue weighted by Crippen LogP contribution is -2.26. The van der Waals surface area contributed by atoms with E-state index in [9.17, 15) is 18.5 Å². The molecule has 22 heavy (non-hydrogen) atoms. The van der Waals surface area contributed by atoms with Crippen LogP contribution in [0.5, 0.6) is 0 Å². The summed E-state index contributed by atoms with van der Waals surface area (Å²) in [6, 6.07) is 9.17. The fraction of sp³-hybridized carbons (Fsp3) is 0.500. The number of carbonyl (C=O) groups excluding carboxylic acids is 1. The Morgan fingerprint density at radius 3 is 2.36 bits per heavy atom. The summed E-state index contributed by atoms with van der Waals surface area (Å²) >= 11 is 0.